The van der Waals surface area contributed by atoms with Crippen LogP contribution in [0.15, 0.2) is 30.5 Å². The smallest absolute Gasteiger partial charge is 0.260 e. The summed E-state index contributed by atoms with van der Waals surface area (Å²) in [5, 5.41) is 18.5. The Hall–Kier alpha value is -2.12. The molecule has 1 aliphatic heterocycles. The summed E-state index contributed by atoms with van der Waals surface area (Å²) in [6.45, 7) is 4.41. The van der Waals surface area contributed by atoms with E-state index in [0.29, 0.717) is 29.6 Å². The summed E-state index contributed by atoms with van der Waals surface area (Å²) in [5.74, 6) is 0.528. The predicted octanol–water partition coefficient (Wildman–Crippen LogP) is 1.62. The first-order valence-corrected chi connectivity index (χ1v) is 8.01. The van der Waals surface area contributed by atoms with Gasteiger partial charge < -0.3 is 14.7 Å². The Kier molecular flexibility index (Phi) is 4.47. The van der Waals surface area contributed by atoms with Crippen LogP contribution in [-0.2, 0) is 10.4 Å². The molecule has 128 valence electrons. The van der Waals surface area contributed by atoms with Crippen molar-refractivity contribution in [2.75, 3.05) is 19.7 Å². The lowest BCUT2D eigenvalue weighted by atomic mass is 10.1. The molecule has 24 heavy (non-hydrogen) atoms. The summed E-state index contributed by atoms with van der Waals surface area (Å²) < 4.78 is 7.14. The second kappa shape index (κ2) is 6.41. The Bertz CT molecular complexity index is 718. The summed E-state index contributed by atoms with van der Waals surface area (Å²) in [6, 6.07) is 6.95. The van der Waals surface area contributed by atoms with Gasteiger partial charge in [-0.1, -0.05) is 16.8 Å². The van der Waals surface area contributed by atoms with E-state index in [0.717, 1.165) is 0 Å². The maximum Gasteiger partial charge on any atom is 0.260 e. The molecule has 1 aliphatic rings. The number of ether oxygens (including phenoxy) is 1. The number of benzene rings is 1. The highest BCUT2D eigenvalue weighted by molar-refractivity contribution is 6.30. The van der Waals surface area contributed by atoms with E-state index in [2.05, 4.69) is 10.3 Å². The van der Waals surface area contributed by atoms with Gasteiger partial charge in [-0.15, -0.1) is 5.10 Å². The third kappa shape index (κ3) is 3.68. The standard InChI is InChI=1S/C16H19ClN4O3/c1-16(2,23)14-9-21(19-18-14)12-7-20(8-12)15(22)10-24-13-5-3-11(17)4-6-13/h3-6,9,12,23H,7-8,10H2,1-2H3. The molecule has 0 atom stereocenters. The zero-order chi connectivity index (χ0) is 17.3. The molecule has 1 N–H and O–H groups in total. The van der Waals surface area contributed by atoms with Crippen molar-refractivity contribution < 1.29 is 14.6 Å². The first kappa shape index (κ1) is 16.7. The molecule has 8 heteroatoms. The molecule has 1 saturated heterocycles. The van der Waals surface area contributed by atoms with Gasteiger partial charge in [0.15, 0.2) is 6.61 Å². The van der Waals surface area contributed by atoms with Gasteiger partial charge in [0.25, 0.3) is 5.91 Å². The highest BCUT2D eigenvalue weighted by Gasteiger charge is 2.33. The largest absolute Gasteiger partial charge is 0.484 e. The molecule has 0 saturated carbocycles. The minimum absolute atomic E-state index is 0.0133. The molecule has 1 amide bonds. The van der Waals surface area contributed by atoms with Crippen LogP contribution >= 0.6 is 11.6 Å². The van der Waals surface area contributed by atoms with Gasteiger partial charge in [-0.3, -0.25) is 4.79 Å². The van der Waals surface area contributed by atoms with Crippen molar-refractivity contribution in [2.24, 2.45) is 0 Å². The molecule has 0 aliphatic carbocycles. The van der Waals surface area contributed by atoms with Crippen LogP contribution < -0.4 is 4.74 Å². The van der Waals surface area contributed by atoms with Gasteiger partial charge in [0.2, 0.25) is 0 Å². The monoisotopic (exact) mass is 350 g/mol. The fourth-order valence-corrected chi connectivity index (χ4v) is 2.45. The van der Waals surface area contributed by atoms with Gasteiger partial charge in [0, 0.05) is 18.1 Å². The first-order valence-electron chi connectivity index (χ1n) is 7.64. The van der Waals surface area contributed by atoms with Crippen LogP contribution in [0.1, 0.15) is 25.6 Å². The van der Waals surface area contributed by atoms with Gasteiger partial charge >= 0.3 is 0 Å². The number of aromatic nitrogens is 3. The van der Waals surface area contributed by atoms with Crippen LogP contribution in [0.3, 0.4) is 0 Å². The van der Waals surface area contributed by atoms with Crippen molar-refractivity contribution in [3.05, 3.63) is 41.2 Å². The van der Waals surface area contributed by atoms with Crippen LogP contribution in [0, 0.1) is 0 Å². The SMILES string of the molecule is CC(C)(O)c1cn(C2CN(C(=O)COc3ccc(Cl)cc3)C2)nn1. The van der Waals surface area contributed by atoms with Crippen LogP contribution in [0.2, 0.25) is 5.02 Å². The molecule has 1 aromatic carbocycles. The van der Waals surface area contributed by atoms with Crippen molar-refractivity contribution in [2.45, 2.75) is 25.5 Å². The molecule has 2 aromatic rings. The highest BCUT2D eigenvalue weighted by Crippen LogP contribution is 2.23. The van der Waals surface area contributed by atoms with E-state index in [1.54, 1.807) is 53.9 Å². The zero-order valence-electron chi connectivity index (χ0n) is 13.5. The lowest BCUT2D eigenvalue weighted by molar-refractivity contribution is -0.139. The van der Waals surface area contributed by atoms with E-state index in [-0.39, 0.29) is 18.6 Å². The van der Waals surface area contributed by atoms with E-state index in [1.807, 2.05) is 0 Å². The average Bonchev–Trinajstić information content (AvgIpc) is 2.95. The van der Waals surface area contributed by atoms with Gasteiger partial charge in [-0.05, 0) is 38.1 Å². The maximum absolute atomic E-state index is 12.1. The third-order valence-corrected chi connectivity index (χ3v) is 4.15. The number of halogens is 1. The Morgan fingerprint density at radius 1 is 1.38 bits per heavy atom. The van der Waals surface area contributed by atoms with E-state index >= 15 is 0 Å². The van der Waals surface area contributed by atoms with Crippen LogP contribution in [-0.4, -0.2) is 50.6 Å². The Morgan fingerprint density at radius 3 is 2.62 bits per heavy atom. The topological polar surface area (TPSA) is 80.5 Å². The van der Waals surface area contributed by atoms with Crippen LogP contribution in [0.4, 0.5) is 0 Å². The predicted molar refractivity (Wildman–Crippen MR) is 87.8 cm³/mol. The number of aliphatic hydroxyl groups is 1. The molecule has 3 rings (SSSR count). The Balaban J connectivity index is 1.48. The van der Waals surface area contributed by atoms with E-state index in [4.69, 9.17) is 16.3 Å². The normalized spacial score (nSPS) is 15.2. The zero-order valence-corrected chi connectivity index (χ0v) is 14.3. The second-order valence-corrected chi connectivity index (χ2v) is 6.77. The number of amides is 1. The lowest BCUT2D eigenvalue weighted by Crippen LogP contribution is -2.52. The van der Waals surface area contributed by atoms with Gasteiger partial charge in [-0.25, -0.2) is 4.68 Å². The van der Waals surface area contributed by atoms with Crippen molar-refractivity contribution in [1.82, 2.24) is 19.9 Å². The summed E-state index contributed by atoms with van der Waals surface area (Å²) >= 11 is 5.80. The molecule has 0 radical (unpaired) electrons. The minimum atomic E-state index is -1.02. The highest BCUT2D eigenvalue weighted by atomic mass is 35.5. The van der Waals surface area contributed by atoms with Crippen molar-refractivity contribution in [3.63, 3.8) is 0 Å². The van der Waals surface area contributed by atoms with E-state index < -0.39 is 5.60 Å². The molecule has 7 nitrogen and oxygen atoms in total. The average molecular weight is 351 g/mol. The molecular weight excluding hydrogens is 332 g/mol. The molecule has 0 spiro atoms. The van der Waals surface area contributed by atoms with E-state index in [9.17, 15) is 9.90 Å². The minimum Gasteiger partial charge on any atom is -0.484 e. The molecule has 0 unspecified atom stereocenters. The van der Waals surface area contributed by atoms with Crippen LogP contribution in [0.25, 0.3) is 0 Å². The summed E-state index contributed by atoms with van der Waals surface area (Å²) in [7, 11) is 0. The van der Waals surface area contributed by atoms with Gasteiger partial charge in [-0.2, -0.15) is 0 Å². The Morgan fingerprint density at radius 2 is 2.04 bits per heavy atom. The number of hydrogen-bond acceptors (Lipinski definition) is 5. The summed E-state index contributed by atoms with van der Waals surface area (Å²) in [6.07, 6.45) is 1.72. The molecule has 0 bridgehead atoms. The molecule has 2 heterocycles. The fraction of sp³-hybridized carbons (Fsp3) is 0.438. The van der Waals surface area contributed by atoms with Crippen molar-refractivity contribution in [3.8, 4) is 5.75 Å². The number of likely N-dealkylation sites (tertiary alicyclic amines) is 1. The van der Waals surface area contributed by atoms with Crippen LogP contribution in [0.5, 0.6) is 5.75 Å². The molecular formula is C16H19ClN4O3. The number of carbonyl (C=O) groups excluding carboxylic acids is 1. The second-order valence-electron chi connectivity index (χ2n) is 6.34. The van der Waals surface area contributed by atoms with E-state index in [1.165, 1.54) is 0 Å². The summed E-state index contributed by atoms with van der Waals surface area (Å²) in [4.78, 5) is 13.8. The van der Waals surface area contributed by atoms with Crippen molar-refractivity contribution >= 4 is 17.5 Å². The van der Waals surface area contributed by atoms with Gasteiger partial charge in [0.1, 0.15) is 17.0 Å². The molecule has 1 aromatic heterocycles. The third-order valence-electron chi connectivity index (χ3n) is 3.90. The van der Waals surface area contributed by atoms with Gasteiger partial charge in [0.05, 0.1) is 12.2 Å². The number of hydrogen-bond donors (Lipinski definition) is 1. The number of rotatable bonds is 5. The summed E-state index contributed by atoms with van der Waals surface area (Å²) in [5.41, 5.74) is -0.512. The lowest BCUT2D eigenvalue weighted by Gasteiger charge is -2.38. The molecule has 1 fully saturated rings. The Labute approximate surface area is 144 Å². The quantitative estimate of drug-likeness (QED) is 0.886. The number of carbonyl (C=O) groups is 1. The number of nitrogens with zero attached hydrogens (tertiary/aromatic N) is 4. The maximum atomic E-state index is 12.1. The van der Waals surface area contributed by atoms with Crippen molar-refractivity contribution in [1.29, 1.82) is 0 Å². The first-order chi connectivity index (χ1) is 11.3. The fourth-order valence-electron chi connectivity index (χ4n) is 2.33.